The van der Waals surface area contributed by atoms with E-state index in [2.05, 4.69) is 10.3 Å². The van der Waals surface area contributed by atoms with E-state index in [4.69, 9.17) is 5.73 Å². The van der Waals surface area contributed by atoms with Crippen LogP contribution in [0.5, 0.6) is 0 Å². The molecule has 1 aliphatic heterocycles. The predicted octanol–water partition coefficient (Wildman–Crippen LogP) is 1.08. The standard InChI is InChI=1S/C13H20N4O/c1-9-7-10(14)12(16-8-9)17-6-4-3-5-11(17)13(18)15-2/h7-8,11H,3-6,14H2,1-2H3,(H,15,18). The molecular formula is C13H20N4O. The third-order valence-corrected chi connectivity index (χ3v) is 3.36. The van der Waals surface area contributed by atoms with Gasteiger partial charge in [0.05, 0.1) is 5.69 Å². The summed E-state index contributed by atoms with van der Waals surface area (Å²) in [6.07, 6.45) is 4.79. The summed E-state index contributed by atoms with van der Waals surface area (Å²) in [5.41, 5.74) is 7.70. The molecule has 2 heterocycles. The van der Waals surface area contributed by atoms with Gasteiger partial charge in [-0.3, -0.25) is 4.79 Å². The predicted molar refractivity (Wildman–Crippen MR) is 72.4 cm³/mol. The average molecular weight is 248 g/mol. The number of likely N-dealkylation sites (N-methyl/N-ethyl adjacent to an activating group) is 1. The number of carbonyl (C=O) groups excluding carboxylic acids is 1. The Bertz CT molecular complexity index is 447. The van der Waals surface area contributed by atoms with Crippen LogP contribution in [0.15, 0.2) is 12.3 Å². The molecule has 1 atom stereocenters. The molecule has 18 heavy (non-hydrogen) atoms. The number of rotatable bonds is 2. The van der Waals surface area contributed by atoms with Gasteiger partial charge in [-0.25, -0.2) is 4.98 Å². The summed E-state index contributed by atoms with van der Waals surface area (Å²) in [7, 11) is 1.67. The number of aromatic nitrogens is 1. The topological polar surface area (TPSA) is 71.2 Å². The fourth-order valence-corrected chi connectivity index (χ4v) is 2.45. The molecule has 5 heteroatoms. The number of piperidine rings is 1. The lowest BCUT2D eigenvalue weighted by atomic mass is 10.0. The van der Waals surface area contributed by atoms with Crippen LogP contribution in [0.2, 0.25) is 0 Å². The fraction of sp³-hybridized carbons (Fsp3) is 0.538. The monoisotopic (exact) mass is 248 g/mol. The maximum atomic E-state index is 11.9. The Kier molecular flexibility index (Phi) is 3.69. The molecule has 2 rings (SSSR count). The summed E-state index contributed by atoms with van der Waals surface area (Å²) >= 11 is 0. The van der Waals surface area contributed by atoms with Crippen molar-refractivity contribution in [3.63, 3.8) is 0 Å². The number of nitrogens with one attached hydrogen (secondary N) is 1. The largest absolute Gasteiger partial charge is 0.396 e. The fourth-order valence-electron chi connectivity index (χ4n) is 2.45. The van der Waals surface area contributed by atoms with Gasteiger partial charge in [0.25, 0.3) is 0 Å². The van der Waals surface area contributed by atoms with E-state index in [0.717, 1.165) is 37.2 Å². The quantitative estimate of drug-likeness (QED) is 0.821. The van der Waals surface area contributed by atoms with Crippen LogP contribution >= 0.6 is 0 Å². The van der Waals surface area contributed by atoms with Crippen molar-refractivity contribution < 1.29 is 4.79 Å². The number of pyridine rings is 1. The molecule has 0 bridgehead atoms. The van der Waals surface area contributed by atoms with Crippen LogP contribution in [0.1, 0.15) is 24.8 Å². The van der Waals surface area contributed by atoms with E-state index in [1.807, 2.05) is 17.9 Å². The van der Waals surface area contributed by atoms with Crippen LogP contribution in [-0.2, 0) is 4.79 Å². The zero-order chi connectivity index (χ0) is 13.1. The Morgan fingerprint density at radius 3 is 3.00 bits per heavy atom. The second kappa shape index (κ2) is 5.25. The molecule has 5 nitrogen and oxygen atoms in total. The first-order valence-corrected chi connectivity index (χ1v) is 6.34. The Morgan fingerprint density at radius 2 is 2.33 bits per heavy atom. The van der Waals surface area contributed by atoms with E-state index < -0.39 is 0 Å². The zero-order valence-corrected chi connectivity index (χ0v) is 10.9. The first kappa shape index (κ1) is 12.7. The third-order valence-electron chi connectivity index (χ3n) is 3.36. The summed E-state index contributed by atoms with van der Waals surface area (Å²) < 4.78 is 0. The van der Waals surface area contributed by atoms with E-state index in [1.54, 1.807) is 13.2 Å². The average Bonchev–Trinajstić information content (AvgIpc) is 2.38. The molecule has 1 unspecified atom stereocenters. The van der Waals surface area contributed by atoms with Crippen LogP contribution < -0.4 is 16.0 Å². The lowest BCUT2D eigenvalue weighted by Gasteiger charge is -2.35. The molecule has 3 N–H and O–H groups in total. The number of anilines is 2. The Morgan fingerprint density at radius 1 is 1.56 bits per heavy atom. The molecule has 1 aliphatic rings. The Hall–Kier alpha value is -1.78. The van der Waals surface area contributed by atoms with Crippen LogP contribution in [0.4, 0.5) is 11.5 Å². The van der Waals surface area contributed by atoms with E-state index >= 15 is 0 Å². The first-order chi connectivity index (χ1) is 8.63. The lowest BCUT2D eigenvalue weighted by molar-refractivity contribution is -0.122. The molecule has 1 aromatic rings. The van der Waals surface area contributed by atoms with Crippen molar-refractivity contribution in [3.8, 4) is 0 Å². The van der Waals surface area contributed by atoms with Crippen molar-refractivity contribution in [2.24, 2.45) is 0 Å². The Balaban J connectivity index is 2.30. The normalized spacial score (nSPS) is 19.7. The highest BCUT2D eigenvalue weighted by molar-refractivity contribution is 5.86. The van der Waals surface area contributed by atoms with Crippen LogP contribution in [0.3, 0.4) is 0 Å². The maximum absolute atomic E-state index is 11.9. The maximum Gasteiger partial charge on any atom is 0.242 e. The number of amides is 1. The van der Waals surface area contributed by atoms with Gasteiger partial charge in [-0.05, 0) is 37.8 Å². The van der Waals surface area contributed by atoms with Crippen LogP contribution in [-0.4, -0.2) is 30.5 Å². The summed E-state index contributed by atoms with van der Waals surface area (Å²) in [5, 5.41) is 2.72. The molecule has 0 aliphatic carbocycles. The minimum atomic E-state index is -0.152. The van der Waals surface area contributed by atoms with Gasteiger partial charge in [0, 0.05) is 19.8 Å². The molecule has 0 aromatic carbocycles. The van der Waals surface area contributed by atoms with E-state index in [9.17, 15) is 4.79 Å². The van der Waals surface area contributed by atoms with E-state index in [0.29, 0.717) is 5.69 Å². The van der Waals surface area contributed by atoms with Crippen molar-refractivity contribution in [3.05, 3.63) is 17.8 Å². The smallest absolute Gasteiger partial charge is 0.242 e. The highest BCUT2D eigenvalue weighted by atomic mass is 16.2. The zero-order valence-electron chi connectivity index (χ0n) is 10.9. The van der Waals surface area contributed by atoms with Gasteiger partial charge < -0.3 is 16.0 Å². The van der Waals surface area contributed by atoms with Crippen LogP contribution in [0, 0.1) is 6.92 Å². The number of nitrogen functional groups attached to an aromatic ring is 1. The minimum Gasteiger partial charge on any atom is -0.396 e. The third kappa shape index (κ3) is 2.39. The molecule has 0 saturated carbocycles. The molecule has 1 aromatic heterocycles. The van der Waals surface area contributed by atoms with Crippen molar-refractivity contribution in [2.75, 3.05) is 24.2 Å². The number of aryl methyl sites for hydroxylation is 1. The van der Waals surface area contributed by atoms with Gasteiger partial charge in [0.2, 0.25) is 5.91 Å². The van der Waals surface area contributed by atoms with E-state index in [1.165, 1.54) is 0 Å². The van der Waals surface area contributed by atoms with Crippen molar-refractivity contribution in [2.45, 2.75) is 32.2 Å². The molecule has 0 radical (unpaired) electrons. The molecule has 1 saturated heterocycles. The number of nitrogens with two attached hydrogens (primary N) is 1. The summed E-state index contributed by atoms with van der Waals surface area (Å²) in [4.78, 5) is 18.3. The number of hydrogen-bond acceptors (Lipinski definition) is 4. The van der Waals surface area contributed by atoms with Gasteiger partial charge in [-0.15, -0.1) is 0 Å². The van der Waals surface area contributed by atoms with Crippen molar-refractivity contribution >= 4 is 17.4 Å². The molecule has 0 spiro atoms. The molecule has 1 amide bonds. The number of nitrogens with zero attached hydrogens (tertiary/aromatic N) is 2. The van der Waals surface area contributed by atoms with Gasteiger partial charge in [0.1, 0.15) is 6.04 Å². The number of carbonyl (C=O) groups is 1. The van der Waals surface area contributed by atoms with Crippen molar-refractivity contribution in [1.82, 2.24) is 10.3 Å². The summed E-state index contributed by atoms with van der Waals surface area (Å²) in [6, 6.07) is 1.75. The Labute approximate surface area is 107 Å². The van der Waals surface area contributed by atoms with E-state index in [-0.39, 0.29) is 11.9 Å². The van der Waals surface area contributed by atoms with Crippen molar-refractivity contribution in [1.29, 1.82) is 0 Å². The molecule has 98 valence electrons. The second-order valence-electron chi connectivity index (χ2n) is 4.74. The van der Waals surface area contributed by atoms with Gasteiger partial charge in [-0.2, -0.15) is 0 Å². The molecular weight excluding hydrogens is 228 g/mol. The highest BCUT2D eigenvalue weighted by Crippen LogP contribution is 2.28. The second-order valence-corrected chi connectivity index (χ2v) is 4.74. The summed E-state index contributed by atoms with van der Waals surface area (Å²) in [6.45, 7) is 2.79. The molecule has 1 fully saturated rings. The number of hydrogen-bond donors (Lipinski definition) is 2. The first-order valence-electron chi connectivity index (χ1n) is 6.34. The minimum absolute atomic E-state index is 0.0384. The van der Waals surface area contributed by atoms with Crippen LogP contribution in [0.25, 0.3) is 0 Å². The van der Waals surface area contributed by atoms with Gasteiger partial charge in [0.15, 0.2) is 5.82 Å². The lowest BCUT2D eigenvalue weighted by Crippen LogP contribution is -2.49. The SMILES string of the molecule is CNC(=O)C1CCCCN1c1ncc(C)cc1N. The van der Waals surface area contributed by atoms with Gasteiger partial charge in [-0.1, -0.05) is 0 Å². The van der Waals surface area contributed by atoms with Gasteiger partial charge >= 0.3 is 0 Å². The highest BCUT2D eigenvalue weighted by Gasteiger charge is 2.29. The summed E-state index contributed by atoms with van der Waals surface area (Å²) in [5.74, 6) is 0.769.